The van der Waals surface area contributed by atoms with Crippen molar-refractivity contribution in [3.05, 3.63) is 71.5 Å². The van der Waals surface area contributed by atoms with Gasteiger partial charge < -0.3 is 0 Å². The molecular formula is C21H15AsNO4. The molecule has 1 heterocycles. The van der Waals surface area contributed by atoms with E-state index in [1.807, 2.05) is 30.3 Å². The monoisotopic (exact) mass is 420 g/mol. The van der Waals surface area contributed by atoms with Crippen molar-refractivity contribution in [3.8, 4) is 11.8 Å². The van der Waals surface area contributed by atoms with Gasteiger partial charge in [-0.15, -0.1) is 0 Å². The molecule has 2 aromatic carbocycles. The zero-order chi connectivity index (χ0) is 18.9. The van der Waals surface area contributed by atoms with Crippen LogP contribution in [-0.4, -0.2) is 31.4 Å². The molecule has 1 radical (unpaired) electrons. The van der Waals surface area contributed by atoms with Crippen LogP contribution in [0.2, 0.25) is 4.20 Å². The molecular weight excluding hydrogens is 405 g/mol. The van der Waals surface area contributed by atoms with Gasteiger partial charge in [-0.25, -0.2) is 0 Å². The van der Waals surface area contributed by atoms with Crippen LogP contribution >= 0.6 is 0 Å². The third-order valence-electron chi connectivity index (χ3n) is 4.36. The summed E-state index contributed by atoms with van der Waals surface area (Å²) < 4.78 is 5.54. The van der Waals surface area contributed by atoms with Gasteiger partial charge in [0.1, 0.15) is 0 Å². The molecule has 0 aliphatic heterocycles. The van der Waals surface area contributed by atoms with Crippen LogP contribution in [0.3, 0.4) is 0 Å². The Bertz CT molecular complexity index is 1050. The first-order valence-corrected chi connectivity index (χ1v) is 10.3. The SMILES string of the molecule is O=C(NO)c1ccc(C#CC2([As]C(=O)c3cc4ccccc4o3)CC2)cc1. The van der Waals surface area contributed by atoms with Crippen LogP contribution in [0, 0.1) is 11.8 Å². The van der Waals surface area contributed by atoms with Gasteiger partial charge >= 0.3 is 162 Å². The van der Waals surface area contributed by atoms with E-state index < -0.39 is 21.7 Å². The summed E-state index contributed by atoms with van der Waals surface area (Å²) in [6, 6.07) is 16.1. The summed E-state index contributed by atoms with van der Waals surface area (Å²) in [5.41, 5.74) is 3.45. The summed E-state index contributed by atoms with van der Waals surface area (Å²) in [6.45, 7) is 0. The molecule has 0 spiro atoms. The fraction of sp³-hybridized carbons (Fsp3) is 0.143. The molecule has 1 aromatic heterocycles. The number of benzene rings is 2. The molecule has 1 aliphatic carbocycles. The van der Waals surface area contributed by atoms with Gasteiger partial charge in [0.2, 0.25) is 0 Å². The van der Waals surface area contributed by atoms with Gasteiger partial charge in [0.25, 0.3) is 0 Å². The molecule has 3 aromatic rings. The predicted molar refractivity (Wildman–Crippen MR) is 101 cm³/mol. The number of nitrogens with one attached hydrogen (secondary N) is 1. The standard InChI is InChI=1S/C21H15AsNO4/c24-19(18-13-16-3-1-2-4-17(16)27-18)22-21(11-12-21)10-9-14-5-7-15(8-6-14)20(25)23-26/h1-8,13,26H,11-12H2,(H,23,25). The normalized spacial score (nSPS) is 14.7. The van der Waals surface area contributed by atoms with E-state index in [9.17, 15) is 9.59 Å². The number of hydrogen-bond donors (Lipinski definition) is 2. The summed E-state index contributed by atoms with van der Waals surface area (Å²) in [5, 5.41) is 9.57. The van der Waals surface area contributed by atoms with E-state index in [1.165, 1.54) is 0 Å². The summed E-state index contributed by atoms with van der Waals surface area (Å²) in [7, 11) is 0. The van der Waals surface area contributed by atoms with Gasteiger partial charge in [-0.3, -0.25) is 0 Å². The maximum absolute atomic E-state index is 12.6. The molecule has 0 atom stereocenters. The van der Waals surface area contributed by atoms with E-state index in [-0.39, 0.29) is 8.77 Å². The third-order valence-corrected chi connectivity index (χ3v) is 7.32. The van der Waals surface area contributed by atoms with Crippen molar-refractivity contribution in [3.63, 3.8) is 0 Å². The Morgan fingerprint density at radius 2 is 1.85 bits per heavy atom. The first-order chi connectivity index (χ1) is 13.1. The van der Waals surface area contributed by atoms with E-state index in [2.05, 4.69) is 11.8 Å². The number of rotatable bonds is 4. The number of fused-ring (bicyclic) bond motifs is 1. The Morgan fingerprint density at radius 3 is 2.52 bits per heavy atom. The van der Waals surface area contributed by atoms with Crippen LogP contribution < -0.4 is 5.48 Å². The number of hydrogen-bond acceptors (Lipinski definition) is 4. The number of carbonyl (C=O) groups excluding carboxylic acids is 2. The van der Waals surface area contributed by atoms with Crippen LogP contribution in [-0.2, 0) is 0 Å². The van der Waals surface area contributed by atoms with Crippen molar-refractivity contribution in [2.75, 3.05) is 0 Å². The summed E-state index contributed by atoms with van der Waals surface area (Å²) in [6.07, 6.45) is 1.86. The summed E-state index contributed by atoms with van der Waals surface area (Å²) in [5.74, 6) is 6.23. The number of para-hydroxylation sites is 1. The van der Waals surface area contributed by atoms with Crippen LogP contribution in [0.1, 0.15) is 39.3 Å². The molecule has 0 saturated heterocycles. The second kappa shape index (κ2) is 7.07. The minimum absolute atomic E-state index is 0.0595. The van der Waals surface area contributed by atoms with Crippen LogP contribution in [0.5, 0.6) is 0 Å². The Hall–Kier alpha value is -2.80. The van der Waals surface area contributed by atoms with E-state index in [1.54, 1.807) is 29.7 Å². The van der Waals surface area contributed by atoms with Gasteiger partial charge in [-0.2, -0.15) is 0 Å². The van der Waals surface area contributed by atoms with Crippen LogP contribution in [0.25, 0.3) is 11.0 Å². The molecule has 133 valence electrons. The number of amides is 1. The quantitative estimate of drug-likeness (QED) is 0.294. The molecule has 1 amide bonds. The van der Waals surface area contributed by atoms with Gasteiger partial charge in [0.15, 0.2) is 0 Å². The zero-order valence-corrected chi connectivity index (χ0v) is 16.1. The maximum atomic E-state index is 12.6. The Kier molecular flexibility index (Phi) is 4.61. The Balaban J connectivity index is 1.47. The van der Waals surface area contributed by atoms with Crippen LogP contribution in [0.15, 0.2) is 59.0 Å². The van der Waals surface area contributed by atoms with Gasteiger partial charge in [0.05, 0.1) is 0 Å². The van der Waals surface area contributed by atoms with Gasteiger partial charge in [0, 0.05) is 0 Å². The number of carbonyl (C=O) groups is 2. The minimum atomic E-state index is -0.641. The van der Waals surface area contributed by atoms with Crippen molar-refractivity contribution < 1.29 is 19.2 Å². The van der Waals surface area contributed by atoms with Crippen LogP contribution in [0.4, 0.5) is 0 Å². The molecule has 6 heteroatoms. The molecule has 27 heavy (non-hydrogen) atoms. The van der Waals surface area contributed by atoms with Crippen molar-refractivity contribution >= 4 is 37.2 Å². The second-order valence-corrected chi connectivity index (χ2v) is 9.48. The van der Waals surface area contributed by atoms with E-state index in [0.29, 0.717) is 11.3 Å². The van der Waals surface area contributed by atoms with E-state index >= 15 is 0 Å². The molecule has 1 fully saturated rings. The summed E-state index contributed by atoms with van der Waals surface area (Å²) >= 11 is -0.641. The average molecular weight is 420 g/mol. The Morgan fingerprint density at radius 1 is 1.11 bits per heavy atom. The number of furan rings is 1. The van der Waals surface area contributed by atoms with Crippen molar-refractivity contribution in [1.29, 1.82) is 0 Å². The molecule has 0 unspecified atom stereocenters. The molecule has 4 rings (SSSR count). The van der Waals surface area contributed by atoms with Crippen molar-refractivity contribution in [1.82, 2.24) is 5.48 Å². The van der Waals surface area contributed by atoms with Crippen molar-refractivity contribution in [2.24, 2.45) is 0 Å². The molecule has 2 N–H and O–H groups in total. The molecule has 5 nitrogen and oxygen atoms in total. The molecule has 1 saturated carbocycles. The molecule has 0 bridgehead atoms. The first-order valence-electron chi connectivity index (χ1n) is 8.42. The second-order valence-electron chi connectivity index (χ2n) is 6.37. The van der Waals surface area contributed by atoms with Gasteiger partial charge in [-0.1, -0.05) is 0 Å². The third kappa shape index (κ3) is 3.83. The van der Waals surface area contributed by atoms with Gasteiger partial charge in [-0.05, 0) is 0 Å². The fourth-order valence-electron chi connectivity index (χ4n) is 2.68. The number of hydroxylamine groups is 1. The first kappa shape index (κ1) is 17.6. The summed E-state index contributed by atoms with van der Waals surface area (Å²) in [4.78, 5) is 24.0. The molecule has 1 aliphatic rings. The van der Waals surface area contributed by atoms with Crippen molar-refractivity contribution in [2.45, 2.75) is 17.0 Å². The zero-order valence-electron chi connectivity index (χ0n) is 14.2. The van der Waals surface area contributed by atoms with E-state index in [4.69, 9.17) is 9.62 Å². The predicted octanol–water partition coefficient (Wildman–Crippen LogP) is 3.40. The Labute approximate surface area is 162 Å². The topological polar surface area (TPSA) is 79.5 Å². The fourth-order valence-corrected chi connectivity index (χ4v) is 4.89. The van der Waals surface area contributed by atoms with E-state index in [0.717, 1.165) is 29.4 Å². The average Bonchev–Trinajstić information content (AvgIpc) is 3.32.